The summed E-state index contributed by atoms with van der Waals surface area (Å²) in [6, 6.07) is 0. The number of nitrogens with zero attached hydrogens (tertiary/aromatic N) is 2. The molecule has 0 amide bonds. The van der Waals surface area contributed by atoms with Gasteiger partial charge >= 0.3 is 11.9 Å². The molecule has 2 heterocycles. The summed E-state index contributed by atoms with van der Waals surface area (Å²) < 4.78 is 10.5. The standard InChI is InChI=1S/C46H54Cl2N2O8/c1-11-27(3)21-29(5)15-17-33-23-35-37(41(53)45(9,57-31(7)51)43(55)39(35)47)25-49(33)19-13-14-20-50-26-38-36(24-34(50)18-16-30(6)22-28(4)12-2)40(48)44(56)46(10,42(38)54)58-32(8)52/h15-18,21-28H,11-14,19-20H2,1-10H3/b17-15+,18-16+,29-21+,30-22?/t27-,28-,45+,46+/m0/s1. The third kappa shape index (κ3) is 9.89. The summed E-state index contributed by atoms with van der Waals surface area (Å²) in [4.78, 5) is 82.1. The molecule has 0 spiro atoms. The lowest BCUT2D eigenvalue weighted by Crippen LogP contribution is -2.52. The highest BCUT2D eigenvalue weighted by Gasteiger charge is 2.53. The third-order valence-corrected chi connectivity index (χ3v) is 11.4. The van der Waals surface area contributed by atoms with Crippen LogP contribution >= 0.6 is 23.2 Å². The summed E-state index contributed by atoms with van der Waals surface area (Å²) in [7, 11) is 0. The molecule has 0 saturated heterocycles. The van der Waals surface area contributed by atoms with Crippen LogP contribution in [-0.2, 0) is 38.2 Å². The van der Waals surface area contributed by atoms with E-state index in [1.807, 2.05) is 48.0 Å². The quantitative estimate of drug-likeness (QED) is 0.0683. The molecule has 0 saturated carbocycles. The van der Waals surface area contributed by atoms with Crippen LogP contribution in [0.4, 0.5) is 0 Å². The number of rotatable bonds is 15. The second-order valence-electron chi connectivity index (χ2n) is 15.6. The Balaban J connectivity index is 1.69. The molecule has 58 heavy (non-hydrogen) atoms. The number of fused-ring (bicyclic) bond motifs is 2. The molecule has 0 bridgehead atoms. The van der Waals surface area contributed by atoms with Crippen LogP contribution < -0.4 is 0 Å². The van der Waals surface area contributed by atoms with Crippen LogP contribution in [0, 0.1) is 11.8 Å². The summed E-state index contributed by atoms with van der Waals surface area (Å²) >= 11 is 13.2. The minimum absolute atomic E-state index is 0.159. The lowest BCUT2D eigenvalue weighted by molar-refractivity contribution is -0.167. The van der Waals surface area contributed by atoms with Crippen molar-refractivity contribution in [3.8, 4) is 0 Å². The van der Waals surface area contributed by atoms with E-state index in [0.717, 1.165) is 37.8 Å². The van der Waals surface area contributed by atoms with Crippen LogP contribution in [0.3, 0.4) is 0 Å². The number of Topliss-reactive ketones (excluding diaryl/α,β-unsaturated/α-hetero) is 4. The van der Waals surface area contributed by atoms with Gasteiger partial charge in [-0.3, -0.25) is 28.8 Å². The number of ether oxygens (including phenoxy) is 2. The number of carbonyl (C=O) groups excluding carboxylic acids is 6. The van der Waals surface area contributed by atoms with E-state index < -0.39 is 46.3 Å². The third-order valence-electron chi connectivity index (χ3n) is 10.7. The molecule has 0 aromatic carbocycles. The first-order valence-electron chi connectivity index (χ1n) is 19.7. The van der Waals surface area contributed by atoms with Gasteiger partial charge in [0, 0.05) is 73.0 Å². The summed E-state index contributed by atoms with van der Waals surface area (Å²) in [5.74, 6) is -3.72. The Bertz CT molecular complexity index is 1960. The Morgan fingerprint density at radius 3 is 1.31 bits per heavy atom. The van der Waals surface area contributed by atoms with Crippen LogP contribution in [0.25, 0.3) is 0 Å². The van der Waals surface area contributed by atoms with Crippen molar-refractivity contribution in [2.75, 3.05) is 13.1 Å². The molecular formula is C46H54Cl2N2O8. The molecule has 0 unspecified atom stereocenters. The average molecular weight is 834 g/mol. The van der Waals surface area contributed by atoms with Gasteiger partial charge in [0.05, 0.1) is 10.1 Å². The van der Waals surface area contributed by atoms with Crippen molar-refractivity contribution >= 4 is 58.3 Å². The van der Waals surface area contributed by atoms with E-state index in [4.69, 9.17) is 32.7 Å². The number of hydrogen-bond donors (Lipinski definition) is 0. The van der Waals surface area contributed by atoms with Crippen molar-refractivity contribution < 1.29 is 38.2 Å². The minimum Gasteiger partial charge on any atom is -0.443 e. The number of allylic oxidation sites excluding steroid dienone is 12. The van der Waals surface area contributed by atoms with E-state index in [0.29, 0.717) is 49.2 Å². The van der Waals surface area contributed by atoms with Gasteiger partial charge in [-0.2, -0.15) is 0 Å². The van der Waals surface area contributed by atoms with Gasteiger partial charge < -0.3 is 19.3 Å². The van der Waals surface area contributed by atoms with E-state index in [1.165, 1.54) is 13.8 Å². The zero-order chi connectivity index (χ0) is 43.3. The highest BCUT2D eigenvalue weighted by molar-refractivity contribution is 6.50. The van der Waals surface area contributed by atoms with Crippen molar-refractivity contribution in [2.24, 2.45) is 11.8 Å². The van der Waals surface area contributed by atoms with Crippen LogP contribution in [0.2, 0.25) is 0 Å². The van der Waals surface area contributed by atoms with E-state index in [-0.39, 0.29) is 32.4 Å². The molecule has 4 aliphatic rings. The van der Waals surface area contributed by atoms with Gasteiger partial charge in [-0.05, 0) is 76.7 Å². The summed E-state index contributed by atoms with van der Waals surface area (Å²) in [6.45, 7) is 18.2. The van der Waals surface area contributed by atoms with Crippen molar-refractivity contribution in [1.82, 2.24) is 9.80 Å². The average Bonchev–Trinajstić information content (AvgIpc) is 3.17. The number of hydrogen-bond acceptors (Lipinski definition) is 10. The molecule has 4 rings (SSSR count). The zero-order valence-corrected chi connectivity index (χ0v) is 36.6. The van der Waals surface area contributed by atoms with Gasteiger partial charge in [0.2, 0.25) is 34.3 Å². The highest BCUT2D eigenvalue weighted by Crippen LogP contribution is 2.41. The monoisotopic (exact) mass is 832 g/mol. The fourth-order valence-corrected chi connectivity index (χ4v) is 7.68. The number of halogens is 2. The summed E-state index contributed by atoms with van der Waals surface area (Å²) in [5.41, 5.74) is 0.137. The Labute approximate surface area is 352 Å². The van der Waals surface area contributed by atoms with Crippen LogP contribution in [-0.4, -0.2) is 69.2 Å². The second kappa shape index (κ2) is 18.9. The molecule has 4 atom stereocenters. The predicted molar refractivity (Wildman–Crippen MR) is 226 cm³/mol. The minimum atomic E-state index is -2.09. The molecule has 310 valence electrons. The predicted octanol–water partition coefficient (Wildman–Crippen LogP) is 8.96. The maximum absolute atomic E-state index is 13.8. The number of esters is 2. The Morgan fingerprint density at radius 2 is 1.00 bits per heavy atom. The maximum atomic E-state index is 13.8. The number of unbranched alkanes of at least 4 members (excludes halogenated alkanes) is 1. The van der Waals surface area contributed by atoms with Crippen molar-refractivity contribution in [3.05, 3.63) is 116 Å². The maximum Gasteiger partial charge on any atom is 0.304 e. The van der Waals surface area contributed by atoms with Gasteiger partial charge in [-0.1, -0.05) is 99.2 Å². The van der Waals surface area contributed by atoms with E-state index in [9.17, 15) is 28.8 Å². The fraction of sp³-hybridized carbons (Fsp3) is 0.435. The van der Waals surface area contributed by atoms with Crippen molar-refractivity contribution in [2.45, 2.75) is 106 Å². The molecule has 0 aromatic heterocycles. The number of carbonyl (C=O) groups is 6. The first-order valence-corrected chi connectivity index (χ1v) is 20.5. The summed E-state index contributed by atoms with van der Waals surface area (Å²) in [5, 5.41) is -0.381. The SMILES string of the molecule is CC[C@H](C)C=C(C)/C=C/C1=CC2=C(Cl)C(=O)[C@](C)(OC(C)=O)C(=O)C2=CN1CCCCN1C=C2C(=O)[C@@](C)(OC(C)=O)C(=O)C(Cl)=C2C=C1/C=C/C(C)=C/[C@@H](C)CC. The zero-order valence-electron chi connectivity index (χ0n) is 35.1. The fourth-order valence-electron chi connectivity index (χ4n) is 7.00. The topological polar surface area (TPSA) is 127 Å². The van der Waals surface area contributed by atoms with Crippen molar-refractivity contribution in [1.29, 1.82) is 0 Å². The molecule has 0 radical (unpaired) electrons. The van der Waals surface area contributed by atoms with Gasteiger partial charge in [0.25, 0.3) is 0 Å². The van der Waals surface area contributed by atoms with E-state index in [2.05, 4.69) is 39.8 Å². The molecule has 2 aliphatic carbocycles. The molecule has 12 heteroatoms. The largest absolute Gasteiger partial charge is 0.443 e. The Kier molecular flexibility index (Phi) is 14.9. The lowest BCUT2D eigenvalue weighted by atomic mass is 9.79. The van der Waals surface area contributed by atoms with Gasteiger partial charge in [-0.15, -0.1) is 0 Å². The number of ketones is 4. The van der Waals surface area contributed by atoms with Crippen molar-refractivity contribution in [3.63, 3.8) is 0 Å². The van der Waals surface area contributed by atoms with Gasteiger partial charge in [-0.25, -0.2) is 0 Å². The first kappa shape index (κ1) is 45.9. The molecular weight excluding hydrogens is 779 g/mol. The Hall–Kier alpha value is -4.80. The first-order chi connectivity index (χ1) is 27.2. The smallest absolute Gasteiger partial charge is 0.304 e. The molecule has 10 nitrogen and oxygen atoms in total. The van der Waals surface area contributed by atoms with Crippen LogP contribution in [0.5, 0.6) is 0 Å². The van der Waals surface area contributed by atoms with Crippen LogP contribution in [0.1, 0.15) is 94.9 Å². The van der Waals surface area contributed by atoms with Gasteiger partial charge in [0.1, 0.15) is 0 Å². The highest BCUT2D eigenvalue weighted by atomic mass is 35.5. The van der Waals surface area contributed by atoms with E-state index >= 15 is 0 Å². The summed E-state index contributed by atoms with van der Waals surface area (Å²) in [6.07, 6.45) is 22.0. The molecule has 0 fully saturated rings. The second-order valence-corrected chi connectivity index (χ2v) is 16.4. The lowest BCUT2D eigenvalue weighted by Gasteiger charge is -2.36. The Morgan fingerprint density at radius 1 is 0.655 bits per heavy atom. The van der Waals surface area contributed by atoms with E-state index in [1.54, 1.807) is 24.6 Å². The van der Waals surface area contributed by atoms with Crippen LogP contribution in [0.15, 0.2) is 116 Å². The molecule has 0 N–H and O–H groups in total. The normalized spacial score (nSPS) is 24.1. The molecule has 2 aliphatic heterocycles. The van der Waals surface area contributed by atoms with Gasteiger partial charge in [0.15, 0.2) is 0 Å². The molecule has 0 aromatic rings.